The van der Waals surface area contributed by atoms with Crippen molar-refractivity contribution in [2.24, 2.45) is 11.7 Å². The van der Waals surface area contributed by atoms with Gasteiger partial charge in [-0.25, -0.2) is 0 Å². The summed E-state index contributed by atoms with van der Waals surface area (Å²) in [7, 11) is 0. The molecule has 0 heterocycles. The van der Waals surface area contributed by atoms with Crippen molar-refractivity contribution in [2.75, 3.05) is 13.1 Å². The molecule has 1 aliphatic rings. The highest BCUT2D eigenvalue weighted by atomic mass is 32.1. The lowest BCUT2D eigenvalue weighted by molar-refractivity contribution is 0.166. The number of rotatable bonds is 5. The maximum atomic E-state index is 5.56. The van der Waals surface area contributed by atoms with Crippen LogP contribution in [0.5, 0.6) is 0 Å². The molecular formula is C10H20N2S. The number of hydrogen-bond donors (Lipinski definition) is 1. The van der Waals surface area contributed by atoms with E-state index >= 15 is 0 Å². The first-order chi connectivity index (χ1) is 6.09. The van der Waals surface area contributed by atoms with Gasteiger partial charge >= 0.3 is 0 Å². The molecule has 0 aliphatic heterocycles. The van der Waals surface area contributed by atoms with Crippen LogP contribution in [0.2, 0.25) is 0 Å². The third-order valence-electron chi connectivity index (χ3n) is 2.81. The fraction of sp³-hybridized carbons (Fsp3) is 0.900. The van der Waals surface area contributed by atoms with Crippen LogP contribution in [0.4, 0.5) is 0 Å². The molecule has 1 saturated carbocycles. The largest absolute Gasteiger partial charge is 0.392 e. The molecule has 13 heavy (non-hydrogen) atoms. The Hall–Kier alpha value is -0.150. The lowest BCUT2D eigenvalue weighted by Crippen LogP contribution is -2.42. The van der Waals surface area contributed by atoms with E-state index in [1.807, 2.05) is 0 Å². The van der Waals surface area contributed by atoms with Crippen molar-refractivity contribution >= 4 is 17.2 Å². The quantitative estimate of drug-likeness (QED) is 0.686. The summed E-state index contributed by atoms with van der Waals surface area (Å²) in [5, 5.41) is 0. The molecule has 0 unspecified atom stereocenters. The minimum atomic E-state index is 0.557. The van der Waals surface area contributed by atoms with Crippen molar-refractivity contribution in [3.8, 4) is 0 Å². The molecule has 2 nitrogen and oxygen atoms in total. The van der Waals surface area contributed by atoms with Gasteiger partial charge in [-0.1, -0.05) is 18.6 Å². The molecule has 0 saturated heterocycles. The smallest absolute Gasteiger partial charge is 0.0870 e. The van der Waals surface area contributed by atoms with Crippen LogP contribution >= 0.6 is 12.2 Å². The topological polar surface area (TPSA) is 29.3 Å². The molecule has 0 atom stereocenters. The predicted molar refractivity (Wildman–Crippen MR) is 60.8 cm³/mol. The second-order valence-corrected chi connectivity index (χ2v) is 4.81. The summed E-state index contributed by atoms with van der Waals surface area (Å²) in [5.41, 5.74) is 5.56. The van der Waals surface area contributed by atoms with E-state index in [0.717, 1.165) is 12.5 Å². The summed E-state index contributed by atoms with van der Waals surface area (Å²) in [5.74, 6) is 0.900. The van der Waals surface area contributed by atoms with Gasteiger partial charge in [0.05, 0.1) is 4.99 Å². The summed E-state index contributed by atoms with van der Waals surface area (Å²) < 4.78 is 0. The molecule has 0 aromatic carbocycles. The van der Waals surface area contributed by atoms with E-state index in [-0.39, 0.29) is 0 Å². The fourth-order valence-corrected chi connectivity index (χ4v) is 1.83. The van der Waals surface area contributed by atoms with Crippen LogP contribution in [0.15, 0.2) is 0 Å². The van der Waals surface area contributed by atoms with Crippen molar-refractivity contribution < 1.29 is 0 Å². The number of nitrogens with two attached hydrogens (primary N) is 1. The van der Waals surface area contributed by atoms with Crippen LogP contribution in [0.1, 0.15) is 33.1 Å². The highest BCUT2D eigenvalue weighted by Crippen LogP contribution is 2.27. The Balaban J connectivity index is 2.32. The van der Waals surface area contributed by atoms with E-state index in [9.17, 15) is 0 Å². The number of hydrogen-bond acceptors (Lipinski definition) is 2. The molecule has 0 spiro atoms. The van der Waals surface area contributed by atoms with Crippen molar-refractivity contribution in [3.05, 3.63) is 0 Å². The zero-order valence-corrected chi connectivity index (χ0v) is 9.44. The highest BCUT2D eigenvalue weighted by molar-refractivity contribution is 7.80. The van der Waals surface area contributed by atoms with E-state index < -0.39 is 0 Å². The summed E-state index contributed by atoms with van der Waals surface area (Å²) >= 11 is 4.93. The molecule has 0 bridgehead atoms. The van der Waals surface area contributed by atoms with Crippen LogP contribution in [0.25, 0.3) is 0 Å². The fourth-order valence-electron chi connectivity index (χ4n) is 1.67. The number of thiocarbonyl (C=S) groups is 1. The van der Waals surface area contributed by atoms with Crippen LogP contribution in [0, 0.1) is 5.92 Å². The molecule has 1 rings (SSSR count). The first-order valence-electron chi connectivity index (χ1n) is 5.12. The zero-order valence-electron chi connectivity index (χ0n) is 8.62. The molecular weight excluding hydrogens is 180 g/mol. The van der Waals surface area contributed by atoms with Gasteiger partial charge in [-0.2, -0.15) is 0 Å². The highest BCUT2D eigenvalue weighted by Gasteiger charge is 2.22. The van der Waals surface area contributed by atoms with Crippen LogP contribution in [-0.2, 0) is 0 Å². The second kappa shape index (κ2) is 4.91. The third-order valence-corrected chi connectivity index (χ3v) is 2.94. The van der Waals surface area contributed by atoms with Gasteiger partial charge in [0, 0.05) is 19.1 Å². The van der Waals surface area contributed by atoms with Crippen molar-refractivity contribution in [3.63, 3.8) is 0 Å². The van der Waals surface area contributed by atoms with E-state index in [0.29, 0.717) is 11.0 Å². The third kappa shape index (κ3) is 3.61. The van der Waals surface area contributed by atoms with Crippen LogP contribution in [-0.4, -0.2) is 29.0 Å². The molecule has 1 aliphatic carbocycles. The Labute approximate surface area is 86.5 Å². The molecule has 0 amide bonds. The Kier molecular flexibility index (Phi) is 4.13. The van der Waals surface area contributed by atoms with Gasteiger partial charge in [0.1, 0.15) is 0 Å². The summed E-state index contributed by atoms with van der Waals surface area (Å²) in [6.45, 7) is 6.37. The molecule has 3 heteroatoms. The Bertz CT molecular complexity index is 176. The minimum Gasteiger partial charge on any atom is -0.392 e. The van der Waals surface area contributed by atoms with E-state index in [1.54, 1.807) is 0 Å². The van der Waals surface area contributed by atoms with Crippen molar-refractivity contribution in [1.29, 1.82) is 0 Å². The first-order valence-corrected chi connectivity index (χ1v) is 5.52. The van der Waals surface area contributed by atoms with Gasteiger partial charge < -0.3 is 5.73 Å². The molecule has 0 radical (unpaired) electrons. The summed E-state index contributed by atoms with van der Waals surface area (Å²) in [6, 6.07) is 0.557. The number of nitrogens with zero attached hydrogens (tertiary/aromatic N) is 1. The standard InChI is InChI=1S/C10H20N2S/c1-8(2)12(7-10(11)13)6-9-4-3-5-9/h8-9H,3-7H2,1-2H3,(H2,11,13). The SMILES string of the molecule is CC(C)N(CC(N)=S)CC1CCC1. The second-order valence-electron chi connectivity index (χ2n) is 4.29. The monoisotopic (exact) mass is 200 g/mol. The van der Waals surface area contributed by atoms with Gasteiger partial charge in [-0.3, -0.25) is 4.90 Å². The molecule has 2 N–H and O–H groups in total. The summed E-state index contributed by atoms with van der Waals surface area (Å²) in [4.78, 5) is 3.00. The summed E-state index contributed by atoms with van der Waals surface area (Å²) in [6.07, 6.45) is 4.19. The van der Waals surface area contributed by atoms with Gasteiger partial charge in [-0.15, -0.1) is 0 Å². The van der Waals surface area contributed by atoms with Crippen LogP contribution in [0.3, 0.4) is 0 Å². The Morgan fingerprint density at radius 2 is 2.15 bits per heavy atom. The molecule has 1 fully saturated rings. The average molecular weight is 200 g/mol. The van der Waals surface area contributed by atoms with Gasteiger partial charge in [0.2, 0.25) is 0 Å². The molecule has 0 aromatic heterocycles. The Morgan fingerprint density at radius 3 is 2.46 bits per heavy atom. The maximum absolute atomic E-state index is 5.56. The van der Waals surface area contributed by atoms with Gasteiger partial charge in [-0.05, 0) is 32.6 Å². The Morgan fingerprint density at radius 1 is 1.54 bits per heavy atom. The zero-order chi connectivity index (χ0) is 9.84. The van der Waals surface area contributed by atoms with Crippen LogP contribution < -0.4 is 5.73 Å². The van der Waals surface area contributed by atoms with E-state index in [4.69, 9.17) is 18.0 Å². The van der Waals surface area contributed by atoms with E-state index in [1.165, 1.54) is 25.8 Å². The predicted octanol–water partition coefficient (Wildman–Crippen LogP) is 1.78. The molecule has 0 aromatic rings. The lowest BCUT2D eigenvalue weighted by Gasteiger charge is -2.34. The molecule has 76 valence electrons. The van der Waals surface area contributed by atoms with Crippen molar-refractivity contribution in [2.45, 2.75) is 39.2 Å². The minimum absolute atomic E-state index is 0.557. The van der Waals surface area contributed by atoms with Crippen molar-refractivity contribution in [1.82, 2.24) is 4.90 Å². The first kappa shape index (κ1) is 10.9. The maximum Gasteiger partial charge on any atom is 0.0870 e. The van der Waals surface area contributed by atoms with Gasteiger partial charge in [0.25, 0.3) is 0 Å². The average Bonchev–Trinajstić information content (AvgIpc) is 1.92. The lowest BCUT2D eigenvalue weighted by atomic mass is 9.85. The van der Waals surface area contributed by atoms with E-state index in [2.05, 4.69) is 18.7 Å². The normalized spacial score (nSPS) is 17.8. The van der Waals surface area contributed by atoms with Gasteiger partial charge in [0.15, 0.2) is 0 Å².